The SMILES string of the molecule is CN(CC(=O)N(C)C)CC(O)COc1cccc(C#N)c1. The standard InChI is InChI=1S/C15H21N3O3/c1-17(2)15(20)10-18(3)9-13(19)11-21-14-6-4-5-12(7-14)8-16/h4-7,13,19H,9-11H2,1-3H3. The highest BCUT2D eigenvalue weighted by Crippen LogP contribution is 2.12. The van der Waals surface area contributed by atoms with Crippen LogP contribution in [0.2, 0.25) is 0 Å². The fourth-order valence-electron chi connectivity index (χ4n) is 1.70. The number of aliphatic hydroxyl groups excluding tert-OH is 1. The number of ether oxygens (including phenoxy) is 1. The maximum atomic E-state index is 11.5. The molecule has 0 aromatic heterocycles. The number of likely N-dealkylation sites (N-methyl/N-ethyl adjacent to an activating group) is 2. The van der Waals surface area contributed by atoms with Crippen LogP contribution in [0.25, 0.3) is 0 Å². The first-order valence-corrected chi connectivity index (χ1v) is 6.62. The van der Waals surface area contributed by atoms with Crippen LogP contribution in [0, 0.1) is 11.3 Å². The lowest BCUT2D eigenvalue weighted by molar-refractivity contribution is -0.129. The highest BCUT2D eigenvalue weighted by molar-refractivity contribution is 5.77. The molecule has 1 unspecified atom stereocenters. The minimum atomic E-state index is -0.712. The Bertz CT molecular complexity index is 511. The van der Waals surface area contributed by atoms with Gasteiger partial charge in [0, 0.05) is 20.6 Å². The number of nitriles is 1. The molecule has 1 aromatic rings. The van der Waals surface area contributed by atoms with Crippen molar-refractivity contribution in [2.24, 2.45) is 0 Å². The van der Waals surface area contributed by atoms with Crippen LogP contribution in [0.4, 0.5) is 0 Å². The van der Waals surface area contributed by atoms with Crippen LogP contribution in [-0.2, 0) is 4.79 Å². The van der Waals surface area contributed by atoms with E-state index >= 15 is 0 Å². The highest BCUT2D eigenvalue weighted by Gasteiger charge is 2.13. The second kappa shape index (κ2) is 8.25. The zero-order valence-corrected chi connectivity index (χ0v) is 12.6. The van der Waals surface area contributed by atoms with Crippen LogP contribution < -0.4 is 4.74 Å². The molecule has 6 heteroatoms. The predicted molar refractivity (Wildman–Crippen MR) is 78.8 cm³/mol. The molecule has 1 amide bonds. The van der Waals surface area contributed by atoms with E-state index in [1.54, 1.807) is 50.3 Å². The summed E-state index contributed by atoms with van der Waals surface area (Å²) in [6.07, 6.45) is -0.712. The van der Waals surface area contributed by atoms with Gasteiger partial charge in [0.05, 0.1) is 18.2 Å². The summed E-state index contributed by atoms with van der Waals surface area (Å²) in [6, 6.07) is 8.78. The van der Waals surface area contributed by atoms with Crippen LogP contribution in [-0.4, -0.2) is 67.8 Å². The molecule has 0 saturated carbocycles. The van der Waals surface area contributed by atoms with Gasteiger partial charge in [-0.05, 0) is 25.2 Å². The molecule has 0 fully saturated rings. The molecule has 6 nitrogen and oxygen atoms in total. The number of hydrogen-bond donors (Lipinski definition) is 1. The van der Waals surface area contributed by atoms with E-state index in [9.17, 15) is 9.90 Å². The van der Waals surface area contributed by atoms with Crippen LogP contribution in [0.1, 0.15) is 5.56 Å². The molecule has 1 aromatic carbocycles. The molecule has 114 valence electrons. The highest BCUT2D eigenvalue weighted by atomic mass is 16.5. The lowest BCUT2D eigenvalue weighted by Crippen LogP contribution is -2.39. The molecule has 21 heavy (non-hydrogen) atoms. The Morgan fingerprint density at radius 3 is 2.76 bits per heavy atom. The number of hydrogen-bond acceptors (Lipinski definition) is 5. The first kappa shape index (κ1) is 17.0. The summed E-state index contributed by atoms with van der Waals surface area (Å²) < 4.78 is 5.44. The average molecular weight is 291 g/mol. The number of amides is 1. The molecule has 0 spiro atoms. The Hall–Kier alpha value is -2.10. The van der Waals surface area contributed by atoms with Gasteiger partial charge in [-0.15, -0.1) is 0 Å². The number of aliphatic hydroxyl groups is 1. The summed E-state index contributed by atoms with van der Waals surface area (Å²) >= 11 is 0. The Balaban J connectivity index is 2.38. The van der Waals surface area contributed by atoms with Gasteiger partial charge in [0.1, 0.15) is 18.5 Å². The van der Waals surface area contributed by atoms with Gasteiger partial charge < -0.3 is 14.7 Å². The molecule has 1 atom stereocenters. The summed E-state index contributed by atoms with van der Waals surface area (Å²) in [6.45, 7) is 0.681. The molecule has 0 aliphatic carbocycles. The smallest absolute Gasteiger partial charge is 0.236 e. The first-order valence-electron chi connectivity index (χ1n) is 6.62. The largest absolute Gasteiger partial charge is 0.491 e. The minimum Gasteiger partial charge on any atom is -0.491 e. The zero-order chi connectivity index (χ0) is 15.8. The summed E-state index contributed by atoms with van der Waals surface area (Å²) in [5.41, 5.74) is 0.510. The fraction of sp³-hybridized carbons (Fsp3) is 0.467. The van der Waals surface area contributed by atoms with Gasteiger partial charge in [0.15, 0.2) is 0 Å². The van der Waals surface area contributed by atoms with Crippen LogP contribution in [0.15, 0.2) is 24.3 Å². The molecule has 0 radical (unpaired) electrons. The van der Waals surface area contributed by atoms with Crippen LogP contribution in [0.5, 0.6) is 5.75 Å². The fourth-order valence-corrected chi connectivity index (χ4v) is 1.70. The third kappa shape index (κ3) is 6.25. The Morgan fingerprint density at radius 1 is 1.43 bits per heavy atom. The maximum absolute atomic E-state index is 11.5. The Kier molecular flexibility index (Phi) is 6.66. The lowest BCUT2D eigenvalue weighted by atomic mass is 10.2. The van der Waals surface area contributed by atoms with E-state index in [2.05, 4.69) is 0 Å². The van der Waals surface area contributed by atoms with Gasteiger partial charge in [-0.2, -0.15) is 5.26 Å². The molecule has 0 heterocycles. The molecule has 0 bridgehead atoms. The van der Waals surface area contributed by atoms with E-state index in [0.29, 0.717) is 17.9 Å². The van der Waals surface area contributed by atoms with Crippen molar-refractivity contribution in [2.45, 2.75) is 6.10 Å². The zero-order valence-electron chi connectivity index (χ0n) is 12.6. The van der Waals surface area contributed by atoms with E-state index in [4.69, 9.17) is 10.00 Å². The van der Waals surface area contributed by atoms with Crippen molar-refractivity contribution in [1.82, 2.24) is 9.80 Å². The van der Waals surface area contributed by atoms with Gasteiger partial charge in [0.25, 0.3) is 0 Å². The molecule has 0 aliphatic heterocycles. The molecule has 1 N–H and O–H groups in total. The number of benzene rings is 1. The summed E-state index contributed by atoms with van der Waals surface area (Å²) in [5.74, 6) is 0.521. The van der Waals surface area contributed by atoms with E-state index in [-0.39, 0.29) is 19.1 Å². The van der Waals surface area contributed by atoms with Gasteiger partial charge in [0.2, 0.25) is 5.91 Å². The Labute approximate surface area is 125 Å². The van der Waals surface area contributed by atoms with E-state index in [1.165, 1.54) is 4.90 Å². The van der Waals surface area contributed by atoms with Gasteiger partial charge in [-0.1, -0.05) is 6.07 Å². The van der Waals surface area contributed by atoms with Crippen molar-refractivity contribution in [3.63, 3.8) is 0 Å². The monoisotopic (exact) mass is 291 g/mol. The summed E-state index contributed by atoms with van der Waals surface area (Å²) in [5, 5.41) is 18.7. The minimum absolute atomic E-state index is 0.0210. The Morgan fingerprint density at radius 2 is 2.14 bits per heavy atom. The van der Waals surface area contributed by atoms with Crippen molar-refractivity contribution >= 4 is 5.91 Å². The topological polar surface area (TPSA) is 76.8 Å². The maximum Gasteiger partial charge on any atom is 0.236 e. The predicted octanol–water partition coefficient (Wildman–Crippen LogP) is 0.318. The first-order chi connectivity index (χ1) is 9.92. The third-order valence-corrected chi connectivity index (χ3v) is 2.83. The molecule has 0 aliphatic rings. The van der Waals surface area contributed by atoms with Crippen molar-refractivity contribution in [1.29, 1.82) is 5.26 Å². The normalized spacial score (nSPS) is 11.8. The van der Waals surface area contributed by atoms with Crippen molar-refractivity contribution in [3.05, 3.63) is 29.8 Å². The van der Waals surface area contributed by atoms with E-state index in [0.717, 1.165) is 0 Å². The van der Waals surface area contributed by atoms with Gasteiger partial charge in [-0.3, -0.25) is 9.69 Å². The number of rotatable bonds is 7. The van der Waals surface area contributed by atoms with Crippen molar-refractivity contribution in [3.8, 4) is 11.8 Å². The van der Waals surface area contributed by atoms with E-state index in [1.807, 2.05) is 6.07 Å². The summed E-state index contributed by atoms with van der Waals surface area (Å²) in [4.78, 5) is 14.8. The second-order valence-corrected chi connectivity index (χ2v) is 5.09. The van der Waals surface area contributed by atoms with E-state index < -0.39 is 6.10 Å². The van der Waals surface area contributed by atoms with Crippen molar-refractivity contribution in [2.75, 3.05) is 40.8 Å². The molecular weight excluding hydrogens is 270 g/mol. The second-order valence-electron chi connectivity index (χ2n) is 5.09. The van der Waals surface area contributed by atoms with Gasteiger partial charge in [-0.25, -0.2) is 0 Å². The average Bonchev–Trinajstić information content (AvgIpc) is 2.45. The molecular formula is C15H21N3O3. The van der Waals surface area contributed by atoms with Crippen LogP contribution in [0.3, 0.4) is 0 Å². The molecule has 1 rings (SSSR count). The third-order valence-electron chi connectivity index (χ3n) is 2.83. The number of nitrogens with zero attached hydrogens (tertiary/aromatic N) is 3. The lowest BCUT2D eigenvalue weighted by Gasteiger charge is -2.21. The van der Waals surface area contributed by atoms with Crippen molar-refractivity contribution < 1.29 is 14.6 Å². The summed E-state index contributed by atoms with van der Waals surface area (Å²) in [7, 11) is 5.15. The van der Waals surface area contributed by atoms with Gasteiger partial charge >= 0.3 is 0 Å². The van der Waals surface area contributed by atoms with Crippen LogP contribution >= 0.6 is 0 Å². The molecule has 0 saturated heterocycles. The quantitative estimate of drug-likeness (QED) is 0.783. The number of carbonyl (C=O) groups is 1. The number of carbonyl (C=O) groups excluding carboxylic acids is 1.